The summed E-state index contributed by atoms with van der Waals surface area (Å²) in [5, 5.41) is 22.3. The van der Waals surface area contributed by atoms with Crippen molar-refractivity contribution < 1.29 is 38.8 Å². The highest BCUT2D eigenvalue weighted by molar-refractivity contribution is 5.91. The highest BCUT2D eigenvalue weighted by Gasteiger charge is 2.65. The molecule has 27 heavy (non-hydrogen) atoms. The predicted octanol–water partition coefficient (Wildman–Crippen LogP) is 0.265. The SMILES string of the molecule is C=C1C(=O)O[C@H]2[C@H]1[C@@H](O)[C@@H](OC(C)=O)[C@@](C)(O)[C@H]1[C@@H]2C(C)=C[C@H]1OC(C)=O. The number of hydrogen-bond donors (Lipinski definition) is 2. The largest absolute Gasteiger partial charge is 0.458 e. The molecule has 0 aromatic rings. The summed E-state index contributed by atoms with van der Waals surface area (Å²) in [5.41, 5.74) is -0.953. The minimum Gasteiger partial charge on any atom is -0.458 e. The van der Waals surface area contributed by atoms with Crippen molar-refractivity contribution in [1.29, 1.82) is 0 Å². The molecule has 148 valence electrons. The third-order valence-corrected chi connectivity index (χ3v) is 5.83. The second kappa shape index (κ2) is 6.45. The zero-order chi connectivity index (χ0) is 20.3. The summed E-state index contributed by atoms with van der Waals surface area (Å²) < 4.78 is 16.1. The van der Waals surface area contributed by atoms with E-state index in [2.05, 4.69) is 6.58 Å². The Labute approximate surface area is 156 Å². The standard InChI is InChI=1S/C19H24O8/c1-7-6-11(25-9(3)20)14-12(7)16-13(8(2)18(23)27-16)15(22)17(19(14,5)24)26-10(4)21/h6,11-17,22,24H,2H2,1,3-5H3/t11-,12+,13-,14-,15-,16-,17-,19+/m1/s1. The van der Waals surface area contributed by atoms with E-state index >= 15 is 0 Å². The molecule has 1 saturated heterocycles. The Morgan fingerprint density at radius 1 is 1.22 bits per heavy atom. The molecule has 0 radical (unpaired) electrons. The van der Waals surface area contributed by atoms with Gasteiger partial charge in [0.1, 0.15) is 23.9 Å². The van der Waals surface area contributed by atoms with Crippen LogP contribution in [0.15, 0.2) is 23.8 Å². The highest BCUT2D eigenvalue weighted by atomic mass is 16.6. The van der Waals surface area contributed by atoms with E-state index in [0.29, 0.717) is 0 Å². The van der Waals surface area contributed by atoms with Gasteiger partial charge in [-0.25, -0.2) is 4.79 Å². The summed E-state index contributed by atoms with van der Waals surface area (Å²) in [6, 6.07) is 0. The molecular weight excluding hydrogens is 356 g/mol. The van der Waals surface area contributed by atoms with Crippen LogP contribution in [0, 0.1) is 17.8 Å². The average molecular weight is 380 g/mol. The first-order valence-corrected chi connectivity index (χ1v) is 8.79. The van der Waals surface area contributed by atoms with E-state index < -0.39 is 65.7 Å². The van der Waals surface area contributed by atoms with Crippen molar-refractivity contribution >= 4 is 17.9 Å². The van der Waals surface area contributed by atoms with Crippen LogP contribution in [0.4, 0.5) is 0 Å². The molecule has 8 atom stereocenters. The molecule has 3 rings (SSSR count). The van der Waals surface area contributed by atoms with Crippen LogP contribution in [0.1, 0.15) is 27.7 Å². The molecule has 1 saturated carbocycles. The lowest BCUT2D eigenvalue weighted by molar-refractivity contribution is -0.195. The number of carbonyl (C=O) groups excluding carboxylic acids is 3. The van der Waals surface area contributed by atoms with Gasteiger partial charge in [0.25, 0.3) is 0 Å². The van der Waals surface area contributed by atoms with Crippen molar-refractivity contribution in [2.24, 2.45) is 17.8 Å². The van der Waals surface area contributed by atoms with Gasteiger partial charge >= 0.3 is 17.9 Å². The lowest BCUT2D eigenvalue weighted by Crippen LogP contribution is -2.57. The zero-order valence-corrected chi connectivity index (χ0v) is 15.7. The Balaban J connectivity index is 2.15. The number of rotatable bonds is 2. The van der Waals surface area contributed by atoms with Gasteiger partial charge in [-0.1, -0.05) is 12.2 Å². The van der Waals surface area contributed by atoms with Crippen LogP contribution >= 0.6 is 0 Å². The summed E-state index contributed by atoms with van der Waals surface area (Å²) in [7, 11) is 0. The van der Waals surface area contributed by atoms with Crippen molar-refractivity contribution in [1.82, 2.24) is 0 Å². The molecule has 0 unspecified atom stereocenters. The van der Waals surface area contributed by atoms with Crippen molar-refractivity contribution in [2.75, 3.05) is 0 Å². The number of esters is 3. The van der Waals surface area contributed by atoms with E-state index in [1.165, 1.54) is 13.8 Å². The third kappa shape index (κ3) is 2.96. The van der Waals surface area contributed by atoms with Crippen LogP contribution in [0.2, 0.25) is 0 Å². The number of fused-ring (bicyclic) bond motifs is 3. The molecular formula is C19H24O8. The fraction of sp³-hybridized carbons (Fsp3) is 0.632. The number of hydrogen-bond acceptors (Lipinski definition) is 8. The summed E-state index contributed by atoms with van der Waals surface area (Å²) in [5.74, 6) is -4.06. The fourth-order valence-corrected chi connectivity index (χ4v) is 4.82. The summed E-state index contributed by atoms with van der Waals surface area (Å²) >= 11 is 0. The van der Waals surface area contributed by atoms with Crippen molar-refractivity contribution in [2.45, 2.75) is 57.7 Å². The minimum atomic E-state index is -1.76. The van der Waals surface area contributed by atoms with Gasteiger partial charge in [-0.2, -0.15) is 0 Å². The van der Waals surface area contributed by atoms with Gasteiger partial charge in [0.2, 0.25) is 0 Å². The Morgan fingerprint density at radius 3 is 2.37 bits per heavy atom. The number of aliphatic hydroxyl groups is 2. The van der Waals surface area contributed by atoms with E-state index in [1.807, 2.05) is 0 Å². The summed E-state index contributed by atoms with van der Waals surface area (Å²) in [4.78, 5) is 35.3. The smallest absolute Gasteiger partial charge is 0.334 e. The normalized spacial score (nSPS) is 43.2. The Kier molecular flexibility index (Phi) is 4.68. The van der Waals surface area contributed by atoms with Gasteiger partial charge in [0.15, 0.2) is 6.10 Å². The molecule has 2 aliphatic carbocycles. The van der Waals surface area contributed by atoms with E-state index in [9.17, 15) is 24.6 Å². The molecule has 0 bridgehead atoms. The number of aliphatic hydroxyl groups excluding tert-OH is 1. The van der Waals surface area contributed by atoms with Gasteiger partial charge in [0.05, 0.1) is 5.92 Å². The lowest BCUT2D eigenvalue weighted by Gasteiger charge is -2.41. The van der Waals surface area contributed by atoms with Gasteiger partial charge in [-0.15, -0.1) is 0 Å². The van der Waals surface area contributed by atoms with Crippen LogP contribution < -0.4 is 0 Å². The Hall–Kier alpha value is -2.19. The van der Waals surface area contributed by atoms with Crippen LogP contribution in [0.25, 0.3) is 0 Å². The molecule has 8 heteroatoms. The average Bonchev–Trinajstić information content (AvgIpc) is 2.98. The molecule has 1 aliphatic heterocycles. The first kappa shape index (κ1) is 19.6. The number of ether oxygens (including phenoxy) is 3. The van der Waals surface area contributed by atoms with Crippen LogP contribution in [0.5, 0.6) is 0 Å². The summed E-state index contributed by atoms with van der Waals surface area (Å²) in [6.07, 6.45) is -2.71. The highest BCUT2D eigenvalue weighted by Crippen LogP contribution is 2.53. The molecule has 0 spiro atoms. The molecule has 0 amide bonds. The maximum Gasteiger partial charge on any atom is 0.334 e. The second-order valence-electron chi connectivity index (χ2n) is 7.70. The molecule has 3 aliphatic rings. The van der Waals surface area contributed by atoms with Crippen molar-refractivity contribution in [3.8, 4) is 0 Å². The van der Waals surface area contributed by atoms with Crippen molar-refractivity contribution in [3.05, 3.63) is 23.8 Å². The van der Waals surface area contributed by atoms with Crippen LogP contribution in [-0.4, -0.2) is 58.1 Å². The molecule has 8 nitrogen and oxygen atoms in total. The Bertz CT molecular complexity index is 736. The first-order chi connectivity index (χ1) is 12.5. The van der Waals surface area contributed by atoms with Gasteiger partial charge in [-0.05, 0) is 19.9 Å². The molecule has 1 heterocycles. The Morgan fingerprint density at radius 2 is 1.81 bits per heavy atom. The second-order valence-corrected chi connectivity index (χ2v) is 7.70. The predicted molar refractivity (Wildman–Crippen MR) is 91.0 cm³/mol. The quantitative estimate of drug-likeness (QED) is 0.303. The minimum absolute atomic E-state index is 0.0600. The van der Waals surface area contributed by atoms with Gasteiger partial charge in [-0.3, -0.25) is 9.59 Å². The molecule has 2 fully saturated rings. The van der Waals surface area contributed by atoms with Crippen molar-refractivity contribution in [3.63, 3.8) is 0 Å². The topological polar surface area (TPSA) is 119 Å². The molecule has 2 N–H and O–H groups in total. The molecule has 0 aromatic carbocycles. The van der Waals surface area contributed by atoms with E-state index in [-0.39, 0.29) is 5.57 Å². The maximum atomic E-state index is 12.1. The van der Waals surface area contributed by atoms with E-state index in [0.717, 1.165) is 12.5 Å². The lowest BCUT2D eigenvalue weighted by atomic mass is 9.74. The molecule has 0 aromatic heterocycles. The third-order valence-electron chi connectivity index (χ3n) is 5.83. The number of carbonyl (C=O) groups is 3. The summed E-state index contributed by atoms with van der Waals surface area (Å²) in [6.45, 7) is 9.34. The van der Waals surface area contributed by atoms with Crippen LogP contribution in [-0.2, 0) is 28.6 Å². The first-order valence-electron chi connectivity index (χ1n) is 8.79. The van der Waals surface area contributed by atoms with E-state index in [1.54, 1.807) is 13.0 Å². The van der Waals surface area contributed by atoms with Crippen LogP contribution in [0.3, 0.4) is 0 Å². The van der Waals surface area contributed by atoms with Gasteiger partial charge in [0, 0.05) is 31.3 Å². The fourth-order valence-electron chi connectivity index (χ4n) is 4.82. The zero-order valence-electron chi connectivity index (χ0n) is 15.7. The monoisotopic (exact) mass is 380 g/mol. The maximum absolute atomic E-state index is 12.1. The van der Waals surface area contributed by atoms with E-state index in [4.69, 9.17) is 14.2 Å². The van der Waals surface area contributed by atoms with Gasteiger partial charge < -0.3 is 24.4 Å².